The first-order valence-corrected chi connectivity index (χ1v) is 10.5. The van der Waals surface area contributed by atoms with Gasteiger partial charge < -0.3 is 9.53 Å². The third kappa shape index (κ3) is 5.21. The minimum atomic E-state index is -0.557. The minimum absolute atomic E-state index is 0.117. The summed E-state index contributed by atoms with van der Waals surface area (Å²) in [6.45, 7) is 6.97. The molecule has 3 rings (SSSR count). The van der Waals surface area contributed by atoms with Crippen LogP contribution < -0.4 is 0 Å². The standard InChI is InChI=1S/C23H31F2NO3/c1-23(2,3)29-22(28)18-14-26(10-9-15(18)6-5-11-27)17-12-16(13-17)21-19(24)7-4-8-20(21)25/h4,7-8,11,15-18H,5-6,9-10,12-14H2,1-3H3/t15-,16?,17?,18+/m1/s1. The second kappa shape index (κ2) is 8.90. The molecule has 2 atom stereocenters. The first-order chi connectivity index (χ1) is 13.7. The molecular weight excluding hydrogens is 376 g/mol. The third-order valence-corrected chi connectivity index (χ3v) is 6.19. The number of hydrogen-bond acceptors (Lipinski definition) is 4. The number of halogens is 2. The summed E-state index contributed by atoms with van der Waals surface area (Å²) in [7, 11) is 0. The fourth-order valence-corrected chi connectivity index (χ4v) is 4.65. The Morgan fingerprint density at radius 1 is 1.24 bits per heavy atom. The summed E-state index contributed by atoms with van der Waals surface area (Å²) in [5.74, 6) is -1.43. The highest BCUT2D eigenvalue weighted by molar-refractivity contribution is 5.73. The number of carbonyl (C=O) groups excluding carboxylic acids is 2. The van der Waals surface area contributed by atoms with Gasteiger partial charge in [0.1, 0.15) is 23.5 Å². The molecule has 4 nitrogen and oxygen atoms in total. The molecule has 1 heterocycles. The predicted octanol–water partition coefficient (Wildman–Crippen LogP) is 4.47. The fourth-order valence-electron chi connectivity index (χ4n) is 4.65. The Bertz CT molecular complexity index is 720. The van der Waals surface area contributed by atoms with Gasteiger partial charge in [0.15, 0.2) is 0 Å². The van der Waals surface area contributed by atoms with Crippen molar-refractivity contribution in [2.24, 2.45) is 11.8 Å². The van der Waals surface area contributed by atoms with Crippen molar-refractivity contribution < 1.29 is 23.1 Å². The summed E-state index contributed by atoms with van der Waals surface area (Å²) < 4.78 is 33.7. The monoisotopic (exact) mass is 407 g/mol. The van der Waals surface area contributed by atoms with E-state index in [-0.39, 0.29) is 35.3 Å². The predicted molar refractivity (Wildman–Crippen MR) is 106 cm³/mol. The van der Waals surface area contributed by atoms with E-state index in [0.29, 0.717) is 32.2 Å². The van der Waals surface area contributed by atoms with Crippen molar-refractivity contribution in [1.82, 2.24) is 4.90 Å². The van der Waals surface area contributed by atoms with Crippen LogP contribution in [0.3, 0.4) is 0 Å². The molecule has 1 aromatic rings. The van der Waals surface area contributed by atoms with Gasteiger partial charge in [0.25, 0.3) is 0 Å². The molecule has 1 saturated heterocycles. The van der Waals surface area contributed by atoms with Crippen molar-refractivity contribution in [2.45, 2.75) is 70.4 Å². The average molecular weight is 408 g/mol. The topological polar surface area (TPSA) is 46.6 Å². The third-order valence-electron chi connectivity index (χ3n) is 6.19. The SMILES string of the molecule is CC(C)(C)OC(=O)[C@H]1CN(C2CC(c3c(F)cccc3F)C2)CC[C@H]1CCC=O. The number of nitrogens with zero attached hydrogens (tertiary/aromatic N) is 1. The van der Waals surface area contributed by atoms with Gasteiger partial charge in [0.2, 0.25) is 0 Å². The lowest BCUT2D eigenvalue weighted by Crippen LogP contribution is -2.53. The number of esters is 1. The number of carbonyl (C=O) groups is 2. The molecule has 0 bridgehead atoms. The normalized spacial score (nSPS) is 27.9. The maximum Gasteiger partial charge on any atom is 0.311 e. The number of likely N-dealkylation sites (tertiary alicyclic amines) is 1. The van der Waals surface area contributed by atoms with E-state index < -0.39 is 17.2 Å². The average Bonchev–Trinajstić information content (AvgIpc) is 2.60. The molecule has 0 N–H and O–H groups in total. The lowest BCUT2D eigenvalue weighted by molar-refractivity contribution is -0.165. The van der Waals surface area contributed by atoms with Crippen molar-refractivity contribution in [3.63, 3.8) is 0 Å². The van der Waals surface area contributed by atoms with Crippen LogP contribution in [0.15, 0.2) is 18.2 Å². The van der Waals surface area contributed by atoms with Crippen molar-refractivity contribution in [3.05, 3.63) is 35.4 Å². The molecule has 160 valence electrons. The van der Waals surface area contributed by atoms with E-state index >= 15 is 0 Å². The van der Waals surface area contributed by atoms with Gasteiger partial charge in [-0.3, -0.25) is 9.69 Å². The lowest BCUT2D eigenvalue weighted by Gasteiger charge is -2.48. The molecule has 0 amide bonds. The zero-order valence-electron chi connectivity index (χ0n) is 17.5. The summed E-state index contributed by atoms with van der Waals surface area (Å²) >= 11 is 0. The second-order valence-electron chi connectivity index (χ2n) is 9.39. The van der Waals surface area contributed by atoms with Gasteiger partial charge in [-0.25, -0.2) is 8.78 Å². The zero-order chi connectivity index (χ0) is 21.2. The highest BCUT2D eigenvalue weighted by Gasteiger charge is 2.43. The molecule has 1 aliphatic heterocycles. The Kier molecular flexibility index (Phi) is 6.72. The number of rotatable bonds is 6. The molecule has 1 aromatic carbocycles. The van der Waals surface area contributed by atoms with Gasteiger partial charge in [-0.2, -0.15) is 0 Å². The van der Waals surface area contributed by atoms with E-state index in [4.69, 9.17) is 4.74 Å². The van der Waals surface area contributed by atoms with Crippen LogP contribution in [0.4, 0.5) is 8.78 Å². The smallest absolute Gasteiger partial charge is 0.311 e. The fraction of sp³-hybridized carbons (Fsp3) is 0.652. The van der Waals surface area contributed by atoms with Gasteiger partial charge in [0, 0.05) is 24.6 Å². The maximum atomic E-state index is 14.0. The van der Waals surface area contributed by atoms with E-state index in [9.17, 15) is 18.4 Å². The summed E-state index contributed by atoms with van der Waals surface area (Å²) in [6, 6.07) is 4.22. The zero-order valence-corrected chi connectivity index (χ0v) is 17.5. The highest BCUT2D eigenvalue weighted by Crippen LogP contribution is 2.43. The molecule has 29 heavy (non-hydrogen) atoms. The minimum Gasteiger partial charge on any atom is -0.460 e. The van der Waals surface area contributed by atoms with Crippen molar-refractivity contribution >= 4 is 12.3 Å². The molecule has 0 aromatic heterocycles. The number of aldehydes is 1. The molecule has 2 aliphatic rings. The van der Waals surface area contributed by atoms with E-state index in [1.54, 1.807) is 0 Å². The Morgan fingerprint density at radius 2 is 1.90 bits per heavy atom. The highest BCUT2D eigenvalue weighted by atomic mass is 19.1. The van der Waals surface area contributed by atoms with Gasteiger partial charge in [0.05, 0.1) is 5.92 Å². The molecule has 1 saturated carbocycles. The molecule has 2 fully saturated rings. The molecular formula is C23H31F2NO3. The van der Waals surface area contributed by atoms with Crippen LogP contribution in [0.2, 0.25) is 0 Å². The number of hydrogen-bond donors (Lipinski definition) is 0. The number of piperidine rings is 1. The van der Waals surface area contributed by atoms with Crippen LogP contribution in [0.1, 0.15) is 64.4 Å². The Labute approximate surface area is 171 Å². The Hall–Kier alpha value is -1.82. The van der Waals surface area contributed by atoms with E-state index in [2.05, 4.69) is 4.90 Å². The van der Waals surface area contributed by atoms with Gasteiger partial charge in [-0.1, -0.05) is 6.07 Å². The van der Waals surface area contributed by atoms with Crippen molar-refractivity contribution in [2.75, 3.05) is 13.1 Å². The number of benzene rings is 1. The first kappa shape index (κ1) is 21.9. The van der Waals surface area contributed by atoms with Crippen LogP contribution in [0.25, 0.3) is 0 Å². The quantitative estimate of drug-likeness (QED) is 0.516. The van der Waals surface area contributed by atoms with Gasteiger partial charge in [-0.15, -0.1) is 0 Å². The molecule has 0 spiro atoms. The summed E-state index contributed by atoms with van der Waals surface area (Å²) in [4.78, 5) is 25.9. The molecule has 0 unspecified atom stereocenters. The molecule has 0 radical (unpaired) electrons. The summed E-state index contributed by atoms with van der Waals surface area (Å²) in [5.41, 5.74) is -0.369. The maximum absolute atomic E-state index is 14.0. The molecule has 1 aliphatic carbocycles. The van der Waals surface area contributed by atoms with Gasteiger partial charge >= 0.3 is 5.97 Å². The van der Waals surface area contributed by atoms with E-state index in [0.717, 1.165) is 19.3 Å². The lowest BCUT2D eigenvalue weighted by atomic mass is 9.73. The first-order valence-electron chi connectivity index (χ1n) is 10.5. The Morgan fingerprint density at radius 3 is 2.48 bits per heavy atom. The Balaban J connectivity index is 1.64. The second-order valence-corrected chi connectivity index (χ2v) is 9.39. The molecule has 6 heteroatoms. The van der Waals surface area contributed by atoms with E-state index in [1.165, 1.54) is 18.2 Å². The summed E-state index contributed by atoms with van der Waals surface area (Å²) in [6.07, 6.45) is 4.25. The van der Waals surface area contributed by atoms with Crippen LogP contribution >= 0.6 is 0 Å². The number of ether oxygens (including phenoxy) is 1. The van der Waals surface area contributed by atoms with Crippen molar-refractivity contribution in [1.29, 1.82) is 0 Å². The van der Waals surface area contributed by atoms with Gasteiger partial charge in [-0.05, 0) is 77.0 Å². The van der Waals surface area contributed by atoms with Crippen LogP contribution in [0, 0.1) is 23.5 Å². The van der Waals surface area contributed by atoms with Crippen LogP contribution in [-0.2, 0) is 14.3 Å². The van der Waals surface area contributed by atoms with Crippen LogP contribution in [0.5, 0.6) is 0 Å². The largest absolute Gasteiger partial charge is 0.460 e. The van der Waals surface area contributed by atoms with E-state index in [1.807, 2.05) is 20.8 Å². The van der Waals surface area contributed by atoms with Crippen LogP contribution in [-0.4, -0.2) is 41.9 Å². The summed E-state index contributed by atoms with van der Waals surface area (Å²) in [5, 5.41) is 0. The van der Waals surface area contributed by atoms with Crippen molar-refractivity contribution in [3.8, 4) is 0 Å².